The third kappa shape index (κ3) is 5.13. The van der Waals surface area contributed by atoms with Gasteiger partial charge in [0.15, 0.2) is 0 Å². The molecule has 0 bridgehead atoms. The minimum Gasteiger partial charge on any atom is -0.481 e. The lowest BCUT2D eigenvalue weighted by molar-refractivity contribution is -0.139. The Labute approximate surface area is 213 Å². The number of nitrogens with zero attached hydrogens (tertiary/aromatic N) is 3. The Morgan fingerprint density at radius 2 is 1.81 bits per heavy atom. The predicted octanol–water partition coefficient (Wildman–Crippen LogP) is 4.38. The van der Waals surface area contributed by atoms with Crippen LogP contribution >= 0.6 is 0 Å². The number of benzene rings is 2. The van der Waals surface area contributed by atoms with Crippen molar-refractivity contribution in [2.45, 2.75) is 19.8 Å². The van der Waals surface area contributed by atoms with E-state index in [-0.39, 0.29) is 17.5 Å². The second-order valence-electron chi connectivity index (χ2n) is 8.73. The van der Waals surface area contributed by atoms with Crippen LogP contribution in [0.3, 0.4) is 0 Å². The number of anilines is 2. The first kappa shape index (κ1) is 25.4. The first-order valence-corrected chi connectivity index (χ1v) is 11.5. The lowest BCUT2D eigenvalue weighted by Gasteiger charge is -2.19. The number of carboxylic acids is 1. The molecular formula is C27H27N5O5. The lowest BCUT2D eigenvalue weighted by Crippen LogP contribution is -2.17. The van der Waals surface area contributed by atoms with Crippen molar-refractivity contribution in [1.82, 2.24) is 15.0 Å². The largest absolute Gasteiger partial charge is 0.481 e. The van der Waals surface area contributed by atoms with Gasteiger partial charge in [-0.25, -0.2) is 4.98 Å². The number of amides is 1. The van der Waals surface area contributed by atoms with Crippen molar-refractivity contribution in [2.24, 2.45) is 11.7 Å². The minimum atomic E-state index is -0.898. The average Bonchev–Trinajstić information content (AvgIpc) is 2.87. The van der Waals surface area contributed by atoms with Gasteiger partial charge in [0, 0.05) is 23.5 Å². The summed E-state index contributed by atoms with van der Waals surface area (Å²) in [5, 5.41) is 13.6. The molecule has 0 saturated heterocycles. The number of aromatic nitrogens is 3. The molecule has 4 aromatic rings. The smallest absolute Gasteiger partial charge is 0.319 e. The highest BCUT2D eigenvalue weighted by atomic mass is 16.5. The van der Waals surface area contributed by atoms with Gasteiger partial charge in [-0.3, -0.25) is 14.6 Å². The van der Waals surface area contributed by atoms with Gasteiger partial charge in [-0.2, -0.15) is 4.98 Å². The topological polar surface area (TPSA) is 150 Å². The van der Waals surface area contributed by atoms with Gasteiger partial charge in [-0.05, 0) is 35.2 Å². The van der Waals surface area contributed by atoms with Crippen LogP contribution in [0.25, 0.3) is 22.0 Å². The number of nitrogens with one attached hydrogen (secondary N) is 1. The first-order valence-electron chi connectivity index (χ1n) is 11.5. The summed E-state index contributed by atoms with van der Waals surface area (Å²) in [5.41, 5.74) is 9.58. The Morgan fingerprint density at radius 3 is 2.46 bits per heavy atom. The zero-order chi connectivity index (χ0) is 26.7. The summed E-state index contributed by atoms with van der Waals surface area (Å²) in [6.45, 7) is 3.72. The van der Waals surface area contributed by atoms with Gasteiger partial charge in [0.2, 0.25) is 5.88 Å². The summed E-state index contributed by atoms with van der Waals surface area (Å²) in [5.74, 6) is -1.98. The molecule has 2 heterocycles. The molecule has 4 rings (SSSR count). The Morgan fingerprint density at radius 1 is 1.03 bits per heavy atom. The number of pyridine rings is 1. The normalized spacial score (nSPS) is 11.8. The molecule has 0 aliphatic heterocycles. The van der Waals surface area contributed by atoms with Crippen LogP contribution in [0.1, 0.15) is 35.7 Å². The zero-order valence-corrected chi connectivity index (χ0v) is 20.9. The van der Waals surface area contributed by atoms with E-state index >= 15 is 0 Å². The molecule has 0 saturated carbocycles. The molecule has 190 valence electrons. The van der Waals surface area contributed by atoms with Crippen molar-refractivity contribution in [1.29, 1.82) is 0 Å². The van der Waals surface area contributed by atoms with Crippen LogP contribution in [0.15, 0.2) is 54.9 Å². The molecule has 10 nitrogen and oxygen atoms in total. The molecule has 0 aliphatic carbocycles. The average molecular weight is 502 g/mol. The van der Waals surface area contributed by atoms with Crippen molar-refractivity contribution >= 4 is 34.2 Å². The molecule has 0 aliphatic rings. The molecule has 1 unspecified atom stereocenters. The van der Waals surface area contributed by atoms with E-state index in [1.165, 1.54) is 20.4 Å². The van der Waals surface area contributed by atoms with Gasteiger partial charge >= 0.3 is 12.0 Å². The number of fused-ring (bicyclic) bond motifs is 1. The number of carboxylic acid groups (broad SMARTS) is 1. The van der Waals surface area contributed by atoms with Gasteiger partial charge in [0.05, 0.1) is 42.5 Å². The fraction of sp³-hybridized carbons (Fsp3) is 0.222. The summed E-state index contributed by atoms with van der Waals surface area (Å²) in [4.78, 5) is 37.0. The van der Waals surface area contributed by atoms with E-state index in [0.29, 0.717) is 39.3 Å². The van der Waals surface area contributed by atoms with E-state index in [1.807, 2.05) is 32.0 Å². The molecule has 0 fully saturated rings. The zero-order valence-electron chi connectivity index (χ0n) is 20.9. The summed E-state index contributed by atoms with van der Waals surface area (Å²) in [6.07, 6.45) is 3.01. The van der Waals surface area contributed by atoms with Crippen molar-refractivity contribution in [3.05, 3.63) is 66.0 Å². The van der Waals surface area contributed by atoms with Crippen LogP contribution in [-0.2, 0) is 4.79 Å². The van der Waals surface area contributed by atoms with Gasteiger partial charge in [-0.1, -0.05) is 38.1 Å². The van der Waals surface area contributed by atoms with E-state index < -0.39 is 17.8 Å². The number of carbonyl (C=O) groups excluding carboxylic acids is 1. The van der Waals surface area contributed by atoms with Crippen LogP contribution in [0.2, 0.25) is 0 Å². The fourth-order valence-electron chi connectivity index (χ4n) is 4.25. The third-order valence-electron chi connectivity index (χ3n) is 6.00. The maximum absolute atomic E-state index is 12.3. The Hall–Kier alpha value is -4.73. The highest BCUT2D eigenvalue weighted by molar-refractivity contribution is 6.08. The molecule has 1 atom stereocenters. The van der Waals surface area contributed by atoms with Crippen molar-refractivity contribution < 1.29 is 24.2 Å². The summed E-state index contributed by atoms with van der Waals surface area (Å²) >= 11 is 0. The maximum atomic E-state index is 12.3. The Kier molecular flexibility index (Phi) is 7.19. The quantitative estimate of drug-likeness (QED) is 0.304. The maximum Gasteiger partial charge on any atom is 0.319 e. The number of primary amides is 1. The van der Waals surface area contributed by atoms with Gasteiger partial charge < -0.3 is 25.6 Å². The van der Waals surface area contributed by atoms with Gasteiger partial charge in [0.25, 0.3) is 5.91 Å². The second kappa shape index (κ2) is 10.5. The Balaban J connectivity index is 1.80. The minimum absolute atomic E-state index is 0.104. The van der Waals surface area contributed by atoms with Crippen molar-refractivity contribution in [3.8, 4) is 23.0 Å². The fourth-order valence-corrected chi connectivity index (χ4v) is 4.25. The first-order chi connectivity index (χ1) is 17.7. The summed E-state index contributed by atoms with van der Waals surface area (Å²) in [6, 6.07) is 12.8. The number of nitrogens with two attached hydrogens (primary N) is 1. The highest BCUT2D eigenvalue weighted by Gasteiger charge is 2.24. The van der Waals surface area contributed by atoms with E-state index in [4.69, 9.17) is 15.2 Å². The standard InChI is InChI=1S/C27H27N5O5/c1-14(2)22(26(34)35)16-6-5-7-17(10-16)31-23-18-9-8-15(11-21(18)29-13-20(23)24(28)33)19-12-30-27(37-4)32-25(19)36-3/h5-14,22H,1-4H3,(H2,28,33)(H,29,31)(H,34,35). The number of methoxy groups -OCH3 is 2. The third-order valence-corrected chi connectivity index (χ3v) is 6.00. The van der Waals surface area contributed by atoms with Gasteiger partial charge in [0.1, 0.15) is 0 Å². The van der Waals surface area contributed by atoms with E-state index in [0.717, 1.165) is 5.56 Å². The molecule has 10 heteroatoms. The van der Waals surface area contributed by atoms with Crippen LogP contribution in [0.4, 0.5) is 11.4 Å². The number of carbonyl (C=O) groups is 2. The molecule has 37 heavy (non-hydrogen) atoms. The van der Waals surface area contributed by atoms with E-state index in [2.05, 4.69) is 20.3 Å². The molecule has 2 aromatic carbocycles. The second-order valence-corrected chi connectivity index (χ2v) is 8.73. The van der Waals surface area contributed by atoms with E-state index in [1.54, 1.807) is 30.5 Å². The van der Waals surface area contributed by atoms with Crippen molar-refractivity contribution in [3.63, 3.8) is 0 Å². The Bertz CT molecular complexity index is 1490. The number of hydrogen-bond donors (Lipinski definition) is 3. The lowest BCUT2D eigenvalue weighted by atomic mass is 9.88. The molecule has 4 N–H and O–H groups in total. The van der Waals surface area contributed by atoms with Gasteiger partial charge in [-0.15, -0.1) is 0 Å². The predicted molar refractivity (Wildman–Crippen MR) is 139 cm³/mol. The molecule has 1 amide bonds. The number of ether oxygens (including phenoxy) is 2. The number of aliphatic carboxylic acids is 1. The number of rotatable bonds is 9. The van der Waals surface area contributed by atoms with Crippen LogP contribution in [-0.4, -0.2) is 46.2 Å². The SMILES string of the molecule is COc1ncc(-c2ccc3c(Nc4cccc(C(C(=O)O)C(C)C)c4)c(C(N)=O)cnc3c2)c(OC)n1. The van der Waals surface area contributed by atoms with Crippen LogP contribution < -0.4 is 20.5 Å². The molecule has 2 aromatic heterocycles. The molecule has 0 spiro atoms. The summed E-state index contributed by atoms with van der Waals surface area (Å²) < 4.78 is 10.5. The molecule has 0 radical (unpaired) electrons. The molecular weight excluding hydrogens is 474 g/mol. The van der Waals surface area contributed by atoms with Crippen molar-refractivity contribution in [2.75, 3.05) is 19.5 Å². The van der Waals surface area contributed by atoms with Crippen LogP contribution in [0, 0.1) is 5.92 Å². The number of hydrogen-bond acceptors (Lipinski definition) is 8. The highest BCUT2D eigenvalue weighted by Crippen LogP contribution is 2.35. The van der Waals surface area contributed by atoms with E-state index in [9.17, 15) is 14.7 Å². The summed E-state index contributed by atoms with van der Waals surface area (Å²) in [7, 11) is 2.98. The van der Waals surface area contributed by atoms with Crippen LogP contribution in [0.5, 0.6) is 11.9 Å². The monoisotopic (exact) mass is 501 g/mol.